The first kappa shape index (κ1) is 51.9. The molecule has 1 saturated heterocycles. The van der Waals surface area contributed by atoms with Crippen LogP contribution in [0.4, 0.5) is 23.2 Å². The number of carbonyl (C=O) groups excluding carboxylic acids is 2. The number of hydrogen-bond acceptors (Lipinski definition) is 9. The number of pyridine rings is 1. The van der Waals surface area contributed by atoms with Gasteiger partial charge in [-0.05, 0) is 133 Å². The zero-order valence-corrected chi connectivity index (χ0v) is 42.5. The van der Waals surface area contributed by atoms with Gasteiger partial charge in [0.1, 0.15) is 11.5 Å². The van der Waals surface area contributed by atoms with E-state index in [9.17, 15) is 27.2 Å². The summed E-state index contributed by atoms with van der Waals surface area (Å²) in [6.07, 6.45) is 8.93. The fourth-order valence-electron chi connectivity index (χ4n) is 8.25. The minimum atomic E-state index is -3.04. The van der Waals surface area contributed by atoms with Gasteiger partial charge in [0, 0.05) is 128 Å². The molecular formula is C57H52BrF4N9O2. The third-order valence-electron chi connectivity index (χ3n) is 12.4. The number of likely N-dealkylation sites (N-methyl/N-ethyl adjacent to an activating group) is 1. The molecule has 5 heterocycles. The van der Waals surface area contributed by atoms with Gasteiger partial charge in [0.2, 0.25) is 0 Å². The van der Waals surface area contributed by atoms with Gasteiger partial charge in [-0.3, -0.25) is 19.5 Å². The van der Waals surface area contributed by atoms with Crippen LogP contribution in [0, 0.1) is 25.7 Å². The second kappa shape index (κ2) is 22.5. The van der Waals surface area contributed by atoms with E-state index in [4.69, 9.17) is 0 Å². The summed E-state index contributed by atoms with van der Waals surface area (Å²) in [6.45, 7) is 9.55. The van der Waals surface area contributed by atoms with Crippen LogP contribution in [0.3, 0.4) is 0 Å². The Kier molecular flexibility index (Phi) is 16.0. The van der Waals surface area contributed by atoms with Gasteiger partial charge in [-0.1, -0.05) is 46.1 Å². The number of aryl methyl sites for hydroxylation is 2. The molecule has 16 heteroatoms. The lowest BCUT2D eigenvalue weighted by Crippen LogP contribution is -2.44. The summed E-state index contributed by atoms with van der Waals surface area (Å²) in [6, 6.07) is 29.2. The highest BCUT2D eigenvalue weighted by molar-refractivity contribution is 9.10. The van der Waals surface area contributed by atoms with E-state index in [0.717, 1.165) is 68.0 Å². The topological polar surface area (TPSA) is 122 Å². The number of amides is 1. The highest BCUT2D eigenvalue weighted by Crippen LogP contribution is 2.34. The minimum absolute atomic E-state index is 0.00955. The average Bonchev–Trinajstić information content (AvgIpc) is 3.78. The fraction of sp³-hybridized carbons (Fsp3) is 0.246. The van der Waals surface area contributed by atoms with Crippen LogP contribution in [-0.4, -0.2) is 84.3 Å². The number of anilines is 1. The lowest BCUT2D eigenvalue weighted by atomic mass is 9.97. The fourth-order valence-corrected chi connectivity index (χ4v) is 8.79. The van der Waals surface area contributed by atoms with Crippen molar-refractivity contribution in [1.82, 2.24) is 39.3 Å². The molecule has 4 aromatic heterocycles. The smallest absolute Gasteiger partial charge is 0.270 e. The van der Waals surface area contributed by atoms with Crippen LogP contribution in [-0.2, 0) is 31.2 Å². The number of Topliss-reactive ketones (excluding diaryl/α,β-unsaturated/α-hetero) is 1. The Morgan fingerprint density at radius 3 is 2.27 bits per heavy atom. The first-order valence-electron chi connectivity index (χ1n) is 23.5. The molecule has 0 bridgehead atoms. The second-order valence-electron chi connectivity index (χ2n) is 18.3. The molecule has 0 radical (unpaired) electrons. The van der Waals surface area contributed by atoms with Crippen LogP contribution in [0.5, 0.6) is 0 Å². The van der Waals surface area contributed by atoms with E-state index >= 15 is 0 Å². The molecule has 1 fully saturated rings. The summed E-state index contributed by atoms with van der Waals surface area (Å²) in [5, 5.41) is 7.06. The van der Waals surface area contributed by atoms with Crippen molar-refractivity contribution < 1.29 is 27.2 Å². The lowest BCUT2D eigenvalue weighted by molar-refractivity contribution is 0.0153. The number of halogens is 5. The zero-order valence-electron chi connectivity index (χ0n) is 40.9. The van der Waals surface area contributed by atoms with E-state index in [2.05, 4.69) is 75.0 Å². The van der Waals surface area contributed by atoms with Crippen molar-refractivity contribution in [2.45, 2.75) is 58.9 Å². The second-order valence-corrected chi connectivity index (χ2v) is 19.2. The Bertz CT molecular complexity index is 3350. The summed E-state index contributed by atoms with van der Waals surface area (Å²) >= 11 is 3.25. The van der Waals surface area contributed by atoms with Gasteiger partial charge in [0.05, 0.1) is 11.9 Å². The molecule has 1 aliphatic rings. The number of hydrogen-bond donors (Lipinski definition) is 1. The molecular weight excluding hydrogens is 999 g/mol. The van der Waals surface area contributed by atoms with Crippen molar-refractivity contribution in [2.24, 2.45) is 0 Å². The van der Waals surface area contributed by atoms with Crippen LogP contribution in [0.15, 0.2) is 139 Å². The zero-order chi connectivity index (χ0) is 51.9. The van der Waals surface area contributed by atoms with Crippen molar-refractivity contribution >= 4 is 39.0 Å². The molecule has 4 aromatic carbocycles. The monoisotopic (exact) mass is 1050 g/mol. The molecule has 372 valence electrons. The van der Waals surface area contributed by atoms with E-state index in [0.29, 0.717) is 68.1 Å². The maximum Gasteiger partial charge on any atom is 0.270 e. The molecule has 9 rings (SSSR count). The van der Waals surface area contributed by atoms with Gasteiger partial charge in [0.25, 0.3) is 17.8 Å². The molecule has 73 heavy (non-hydrogen) atoms. The number of benzene rings is 4. The standard InChI is InChI=1S/C32H34F2N6O.C25H18BrF2N3O/c1-22-6-7-23(17-26(22)18-30-36-12-10-29(38-30)24-5-4-11-35-20-24)31(41)37-27-9-8-25(28(19-27)32(2,33)34)21-40-15-13-39(3)14-16-40;1-16-5-6-19(23(32)12-17-10-20(25(2,27)28)14-21(26)11-17)13-18(16)7-8-22-15-29-24-4-3-9-30-31(22)24/h4-12,17,19-20H,13-16,18,21H2,1-3H3,(H,37,41);3-6,9-11,13-15H,12H2,1-2H3. The largest absolute Gasteiger partial charge is 0.322 e. The molecule has 1 N–H and O–H groups in total. The van der Waals surface area contributed by atoms with Crippen molar-refractivity contribution in [3.63, 3.8) is 0 Å². The molecule has 8 aromatic rings. The molecule has 1 amide bonds. The van der Waals surface area contributed by atoms with Crippen molar-refractivity contribution in [3.8, 4) is 23.1 Å². The summed E-state index contributed by atoms with van der Waals surface area (Å²) in [5.41, 5.74) is 8.67. The number of fused-ring (bicyclic) bond motifs is 1. The number of nitrogens with zero attached hydrogens (tertiary/aromatic N) is 8. The number of rotatable bonds is 12. The van der Waals surface area contributed by atoms with Gasteiger partial charge >= 0.3 is 0 Å². The predicted octanol–water partition coefficient (Wildman–Crippen LogP) is 11.3. The number of piperazine rings is 1. The Labute approximate surface area is 429 Å². The number of alkyl halides is 4. The Hall–Kier alpha value is -7.45. The molecule has 0 unspecified atom stereocenters. The van der Waals surface area contributed by atoms with E-state index in [1.807, 2.05) is 56.3 Å². The molecule has 0 atom stereocenters. The van der Waals surface area contributed by atoms with Gasteiger partial charge in [0.15, 0.2) is 11.4 Å². The van der Waals surface area contributed by atoms with E-state index in [-0.39, 0.29) is 29.2 Å². The minimum Gasteiger partial charge on any atom is -0.322 e. The Morgan fingerprint density at radius 1 is 0.753 bits per heavy atom. The molecule has 0 spiro atoms. The summed E-state index contributed by atoms with van der Waals surface area (Å²) in [7, 11) is 2.06. The first-order valence-corrected chi connectivity index (χ1v) is 24.3. The number of imidazole rings is 1. The third-order valence-corrected chi connectivity index (χ3v) is 12.9. The summed E-state index contributed by atoms with van der Waals surface area (Å²) < 4.78 is 59.0. The lowest BCUT2D eigenvalue weighted by Gasteiger charge is -2.33. The SMILES string of the molecule is Cc1ccc(C(=O)Cc2cc(Br)cc(C(C)(F)F)c2)cc1C#Cc1cnc2cccnn12.Cc1ccc(C(=O)Nc2ccc(CN3CCN(C)CC3)c(C(C)(F)F)c2)cc1Cc1nccc(-c2cccnc2)n1. The van der Waals surface area contributed by atoms with Gasteiger partial charge in [-0.15, -0.1) is 0 Å². The first-order chi connectivity index (χ1) is 34.9. The van der Waals surface area contributed by atoms with Crippen molar-refractivity contribution in [1.29, 1.82) is 0 Å². The molecule has 11 nitrogen and oxygen atoms in total. The molecule has 0 aliphatic carbocycles. The number of ketones is 1. The van der Waals surface area contributed by atoms with Crippen molar-refractivity contribution in [3.05, 3.63) is 206 Å². The summed E-state index contributed by atoms with van der Waals surface area (Å²) in [5.74, 6) is 0.214. The van der Waals surface area contributed by atoms with Crippen molar-refractivity contribution in [2.75, 3.05) is 38.5 Å². The maximum absolute atomic E-state index is 14.7. The number of aromatic nitrogens is 6. The highest BCUT2D eigenvalue weighted by atomic mass is 79.9. The average molecular weight is 1050 g/mol. The van der Waals surface area contributed by atoms with Crippen LogP contribution in [0.25, 0.3) is 16.9 Å². The molecule has 0 saturated carbocycles. The van der Waals surface area contributed by atoms with Gasteiger partial charge < -0.3 is 10.2 Å². The van der Waals surface area contributed by atoms with E-state index in [1.165, 1.54) is 18.2 Å². The van der Waals surface area contributed by atoms with Crippen LogP contribution < -0.4 is 5.32 Å². The van der Waals surface area contributed by atoms with Crippen LogP contribution in [0.1, 0.15) is 90.6 Å². The Balaban J connectivity index is 0.000000201. The third kappa shape index (κ3) is 13.5. The maximum atomic E-state index is 14.7. The molecule has 1 aliphatic heterocycles. The number of nitrogens with one attached hydrogen (secondary N) is 1. The Morgan fingerprint density at radius 2 is 1.52 bits per heavy atom. The highest BCUT2D eigenvalue weighted by Gasteiger charge is 2.30. The summed E-state index contributed by atoms with van der Waals surface area (Å²) in [4.78, 5) is 48.0. The quantitative estimate of drug-likeness (QED) is 0.0724. The van der Waals surface area contributed by atoms with Gasteiger partial charge in [-0.25, -0.2) is 37.0 Å². The normalized spacial score (nSPS) is 13.2. The predicted molar refractivity (Wildman–Crippen MR) is 278 cm³/mol. The van der Waals surface area contributed by atoms with Crippen LogP contribution >= 0.6 is 15.9 Å². The number of carbonyl (C=O) groups is 2. The van der Waals surface area contributed by atoms with Crippen LogP contribution in [0.2, 0.25) is 0 Å². The van der Waals surface area contributed by atoms with E-state index in [1.54, 1.807) is 78.0 Å². The van der Waals surface area contributed by atoms with Gasteiger partial charge in [-0.2, -0.15) is 5.10 Å². The van der Waals surface area contributed by atoms with E-state index < -0.39 is 11.8 Å².